The Bertz CT molecular complexity index is 665. The number of hydrogen-bond acceptors (Lipinski definition) is 4. The highest BCUT2D eigenvalue weighted by atomic mass is 32.2. The fourth-order valence-corrected chi connectivity index (χ4v) is 4.17. The summed E-state index contributed by atoms with van der Waals surface area (Å²) in [5, 5.41) is 2.93. The van der Waals surface area contributed by atoms with E-state index in [1.54, 1.807) is 19.1 Å². The quantitative estimate of drug-likeness (QED) is 0.767. The maximum Gasteiger partial charge on any atom is 0.244 e. The van der Waals surface area contributed by atoms with Crippen molar-refractivity contribution >= 4 is 15.9 Å². The molecule has 0 aromatic heterocycles. The van der Waals surface area contributed by atoms with Crippen molar-refractivity contribution in [1.29, 1.82) is 0 Å². The fourth-order valence-electron chi connectivity index (χ4n) is 2.93. The van der Waals surface area contributed by atoms with Crippen molar-refractivity contribution < 1.29 is 17.9 Å². The number of carbonyl (C=O) groups excluding carboxylic acids is 1. The predicted molar refractivity (Wildman–Crippen MR) is 92.6 cm³/mol. The number of ether oxygens (including phenoxy) is 1. The number of aryl methyl sites for hydroxylation is 1. The summed E-state index contributed by atoms with van der Waals surface area (Å²) in [6, 6.07) is 5.06. The third-order valence-electron chi connectivity index (χ3n) is 4.25. The highest BCUT2D eigenvalue weighted by Gasteiger charge is 2.21. The van der Waals surface area contributed by atoms with Crippen molar-refractivity contribution in [2.45, 2.75) is 56.4 Å². The molecular formula is C17H26N2O4S. The molecule has 134 valence electrons. The monoisotopic (exact) mass is 354 g/mol. The summed E-state index contributed by atoms with van der Waals surface area (Å²) in [5.41, 5.74) is 0.805. The summed E-state index contributed by atoms with van der Waals surface area (Å²) in [7, 11) is -2.39. The van der Waals surface area contributed by atoms with Crippen molar-refractivity contribution in [1.82, 2.24) is 10.0 Å². The van der Waals surface area contributed by atoms with Gasteiger partial charge in [-0.1, -0.05) is 31.7 Å². The van der Waals surface area contributed by atoms with E-state index in [0.29, 0.717) is 0 Å². The zero-order chi connectivity index (χ0) is 17.6. The standard InChI is InChI=1S/C17H26N2O4S/c1-13-9-10-15(23-2)16(11-13)24(21,22)18-12-17(20)19-14-7-5-3-4-6-8-14/h9-11,14,18H,3-8,12H2,1-2H3,(H,19,20). The molecule has 0 saturated heterocycles. The number of nitrogens with one attached hydrogen (secondary N) is 2. The lowest BCUT2D eigenvalue weighted by molar-refractivity contribution is -0.120. The van der Waals surface area contributed by atoms with Gasteiger partial charge in [0.25, 0.3) is 0 Å². The maximum atomic E-state index is 12.4. The third-order valence-corrected chi connectivity index (χ3v) is 5.67. The highest BCUT2D eigenvalue weighted by Crippen LogP contribution is 2.24. The van der Waals surface area contributed by atoms with E-state index in [4.69, 9.17) is 4.74 Å². The van der Waals surface area contributed by atoms with Crippen LogP contribution in [-0.4, -0.2) is 34.0 Å². The van der Waals surface area contributed by atoms with Crippen LogP contribution in [0.25, 0.3) is 0 Å². The van der Waals surface area contributed by atoms with Crippen LogP contribution in [0.3, 0.4) is 0 Å². The molecular weight excluding hydrogens is 328 g/mol. The molecule has 6 nitrogen and oxygen atoms in total. The average molecular weight is 354 g/mol. The lowest BCUT2D eigenvalue weighted by Crippen LogP contribution is -2.41. The maximum absolute atomic E-state index is 12.4. The minimum absolute atomic E-state index is 0.0484. The molecule has 7 heteroatoms. The van der Waals surface area contributed by atoms with Crippen LogP contribution >= 0.6 is 0 Å². The van der Waals surface area contributed by atoms with Gasteiger partial charge in [0.05, 0.1) is 13.7 Å². The van der Waals surface area contributed by atoms with E-state index in [-0.39, 0.29) is 29.1 Å². The van der Waals surface area contributed by atoms with Gasteiger partial charge in [-0.05, 0) is 37.5 Å². The second-order valence-electron chi connectivity index (χ2n) is 6.23. The van der Waals surface area contributed by atoms with Crippen LogP contribution in [0.1, 0.15) is 44.1 Å². The molecule has 2 N–H and O–H groups in total. The Hall–Kier alpha value is -1.60. The Labute approximate surface area is 144 Å². The molecule has 2 rings (SSSR count). The smallest absolute Gasteiger partial charge is 0.244 e. The summed E-state index contributed by atoms with van der Waals surface area (Å²) < 4.78 is 32.4. The normalized spacial score (nSPS) is 16.4. The van der Waals surface area contributed by atoms with E-state index in [1.165, 1.54) is 26.0 Å². The van der Waals surface area contributed by atoms with Gasteiger partial charge in [-0.15, -0.1) is 0 Å². The molecule has 0 aliphatic heterocycles. The molecule has 0 unspecified atom stereocenters. The second-order valence-corrected chi connectivity index (χ2v) is 7.97. The van der Waals surface area contributed by atoms with Crippen LogP contribution in [0.4, 0.5) is 0 Å². The lowest BCUT2D eigenvalue weighted by atomic mass is 10.1. The minimum Gasteiger partial charge on any atom is -0.495 e. The molecule has 0 spiro atoms. The summed E-state index contributed by atoms with van der Waals surface area (Å²) in [5.74, 6) is -0.0330. The first-order chi connectivity index (χ1) is 11.4. The Kier molecular flexibility index (Phi) is 6.62. The molecule has 1 amide bonds. The molecule has 24 heavy (non-hydrogen) atoms. The molecule has 1 aromatic carbocycles. The molecule has 1 aliphatic carbocycles. The first-order valence-electron chi connectivity index (χ1n) is 8.36. The number of carbonyl (C=O) groups is 1. The zero-order valence-electron chi connectivity index (χ0n) is 14.3. The van der Waals surface area contributed by atoms with Crippen molar-refractivity contribution in [2.75, 3.05) is 13.7 Å². The number of amides is 1. The van der Waals surface area contributed by atoms with Crippen molar-refractivity contribution in [2.24, 2.45) is 0 Å². The van der Waals surface area contributed by atoms with Gasteiger partial charge in [0.1, 0.15) is 10.6 Å². The molecule has 0 bridgehead atoms. The van der Waals surface area contributed by atoms with Gasteiger partial charge in [-0.25, -0.2) is 13.1 Å². The molecule has 1 aliphatic rings. The molecule has 1 fully saturated rings. The molecule has 1 aromatic rings. The van der Waals surface area contributed by atoms with E-state index < -0.39 is 10.0 Å². The lowest BCUT2D eigenvalue weighted by Gasteiger charge is -2.17. The molecule has 0 atom stereocenters. The van der Waals surface area contributed by atoms with Crippen molar-refractivity contribution in [3.05, 3.63) is 23.8 Å². The summed E-state index contributed by atoms with van der Waals surface area (Å²) >= 11 is 0. The summed E-state index contributed by atoms with van der Waals surface area (Å²) in [6.45, 7) is 1.53. The van der Waals surface area contributed by atoms with Gasteiger partial charge < -0.3 is 10.1 Å². The van der Waals surface area contributed by atoms with Gasteiger partial charge in [-0.2, -0.15) is 0 Å². The minimum atomic E-state index is -3.80. The Balaban J connectivity index is 1.97. The fraction of sp³-hybridized carbons (Fsp3) is 0.588. The van der Waals surface area contributed by atoms with Crippen LogP contribution in [0.2, 0.25) is 0 Å². The van der Waals surface area contributed by atoms with E-state index >= 15 is 0 Å². The van der Waals surface area contributed by atoms with Gasteiger partial charge >= 0.3 is 0 Å². The van der Waals surface area contributed by atoms with Crippen LogP contribution in [0, 0.1) is 6.92 Å². The van der Waals surface area contributed by atoms with E-state index in [2.05, 4.69) is 10.0 Å². The Morgan fingerprint density at radius 3 is 2.50 bits per heavy atom. The summed E-state index contributed by atoms with van der Waals surface area (Å²) in [6.07, 6.45) is 6.54. The third kappa shape index (κ3) is 5.21. The summed E-state index contributed by atoms with van der Waals surface area (Å²) in [4.78, 5) is 12.1. The van der Waals surface area contributed by atoms with Crippen molar-refractivity contribution in [3.63, 3.8) is 0 Å². The van der Waals surface area contributed by atoms with Crippen LogP contribution in [-0.2, 0) is 14.8 Å². The molecule has 0 radical (unpaired) electrons. The zero-order valence-corrected chi connectivity index (χ0v) is 15.1. The Morgan fingerprint density at radius 2 is 1.88 bits per heavy atom. The Morgan fingerprint density at radius 1 is 1.21 bits per heavy atom. The first kappa shape index (κ1) is 18.7. The highest BCUT2D eigenvalue weighted by molar-refractivity contribution is 7.89. The van der Waals surface area contributed by atoms with Crippen LogP contribution < -0.4 is 14.8 Å². The molecule has 1 saturated carbocycles. The van der Waals surface area contributed by atoms with E-state index in [1.807, 2.05) is 0 Å². The number of methoxy groups -OCH3 is 1. The van der Waals surface area contributed by atoms with Crippen LogP contribution in [0.5, 0.6) is 5.75 Å². The van der Waals surface area contributed by atoms with Crippen molar-refractivity contribution in [3.8, 4) is 5.75 Å². The van der Waals surface area contributed by atoms with E-state index in [0.717, 1.165) is 31.2 Å². The number of benzene rings is 1. The average Bonchev–Trinajstić information content (AvgIpc) is 2.82. The van der Waals surface area contributed by atoms with E-state index in [9.17, 15) is 13.2 Å². The van der Waals surface area contributed by atoms with Gasteiger partial charge in [0.2, 0.25) is 15.9 Å². The predicted octanol–water partition coefficient (Wildman–Crippen LogP) is 2.12. The van der Waals surface area contributed by atoms with Gasteiger partial charge in [0, 0.05) is 6.04 Å². The van der Waals surface area contributed by atoms with Gasteiger partial charge in [-0.3, -0.25) is 4.79 Å². The number of rotatable bonds is 6. The van der Waals surface area contributed by atoms with Crippen LogP contribution in [0.15, 0.2) is 23.1 Å². The van der Waals surface area contributed by atoms with Gasteiger partial charge in [0.15, 0.2) is 0 Å². The molecule has 0 heterocycles. The SMILES string of the molecule is COc1ccc(C)cc1S(=O)(=O)NCC(=O)NC1CCCCCC1. The number of sulfonamides is 1. The largest absolute Gasteiger partial charge is 0.495 e. The second kappa shape index (κ2) is 8.48. The topological polar surface area (TPSA) is 84.5 Å². The number of hydrogen-bond donors (Lipinski definition) is 2. The first-order valence-corrected chi connectivity index (χ1v) is 9.84.